The molecule has 0 unspecified atom stereocenters. The highest BCUT2D eigenvalue weighted by Crippen LogP contribution is 2.12. The van der Waals surface area contributed by atoms with Crippen molar-refractivity contribution in [3.05, 3.63) is 35.4 Å². The molecule has 0 aliphatic carbocycles. The molecule has 0 radical (unpaired) electrons. The molecule has 0 spiro atoms. The number of hydrogen-bond donors (Lipinski definition) is 0. The zero-order valence-corrected chi connectivity index (χ0v) is 9.06. The fourth-order valence-electron chi connectivity index (χ4n) is 1.14. The first kappa shape index (κ1) is 11.0. The van der Waals surface area contributed by atoms with Crippen LogP contribution in [-0.4, -0.2) is 17.2 Å². The van der Waals surface area contributed by atoms with Crippen LogP contribution in [0.1, 0.15) is 34.1 Å². The number of hydrogen-bond acceptors (Lipinski definition) is 3. The number of ketones is 1. The van der Waals surface area contributed by atoms with Gasteiger partial charge in [-0.05, 0) is 12.3 Å². The van der Waals surface area contributed by atoms with E-state index in [1.807, 2.05) is 6.92 Å². The Kier molecular flexibility index (Phi) is 3.89. The second kappa shape index (κ2) is 4.96. The summed E-state index contributed by atoms with van der Waals surface area (Å²) in [6.07, 6.45) is 2.20. The molecule has 2 nitrogen and oxygen atoms in total. The minimum atomic E-state index is -0.00393. The predicted molar refractivity (Wildman–Crippen MR) is 58.9 cm³/mol. The molecule has 3 heteroatoms. The Hall–Kier alpha value is -1.09. The third-order valence-corrected chi connectivity index (χ3v) is 2.53. The van der Waals surface area contributed by atoms with Gasteiger partial charge in [-0.2, -0.15) is 0 Å². The Morgan fingerprint density at radius 3 is 2.50 bits per heavy atom. The Balaban J connectivity index is 3.01. The Labute approximate surface area is 87.7 Å². The summed E-state index contributed by atoms with van der Waals surface area (Å²) in [5.74, 6) is 0.0701. The van der Waals surface area contributed by atoms with E-state index < -0.39 is 0 Å². The van der Waals surface area contributed by atoms with Crippen molar-refractivity contribution >= 4 is 22.7 Å². The average molecular weight is 208 g/mol. The van der Waals surface area contributed by atoms with Gasteiger partial charge in [-0.25, -0.2) is 0 Å². The van der Waals surface area contributed by atoms with Gasteiger partial charge in [0.2, 0.25) is 5.12 Å². The zero-order valence-electron chi connectivity index (χ0n) is 8.24. The number of carbonyl (C=O) groups excluding carboxylic acids is 2. The quantitative estimate of drug-likeness (QED) is 0.716. The second-order valence-electron chi connectivity index (χ2n) is 2.85. The maximum atomic E-state index is 11.4. The van der Waals surface area contributed by atoms with Crippen molar-refractivity contribution < 1.29 is 9.59 Å². The van der Waals surface area contributed by atoms with Crippen LogP contribution in [0.15, 0.2) is 24.3 Å². The SMILES string of the molecule is CCC(=O)c1cccc(C(=O)SC)c1. The van der Waals surface area contributed by atoms with Gasteiger partial charge in [-0.3, -0.25) is 9.59 Å². The van der Waals surface area contributed by atoms with Gasteiger partial charge in [0.15, 0.2) is 5.78 Å². The summed E-state index contributed by atoms with van der Waals surface area (Å²) < 4.78 is 0. The van der Waals surface area contributed by atoms with E-state index in [0.29, 0.717) is 17.5 Å². The van der Waals surface area contributed by atoms with E-state index in [1.165, 1.54) is 0 Å². The molecule has 0 aliphatic heterocycles. The highest BCUT2D eigenvalue weighted by Gasteiger charge is 2.07. The van der Waals surface area contributed by atoms with E-state index in [2.05, 4.69) is 0 Å². The molecule has 1 aromatic carbocycles. The predicted octanol–water partition coefficient (Wildman–Crippen LogP) is 2.78. The highest BCUT2D eigenvalue weighted by atomic mass is 32.2. The molecule has 0 amide bonds. The lowest BCUT2D eigenvalue weighted by Crippen LogP contribution is -1.99. The third kappa shape index (κ3) is 2.45. The van der Waals surface area contributed by atoms with Crippen LogP contribution < -0.4 is 0 Å². The topological polar surface area (TPSA) is 34.1 Å². The minimum absolute atomic E-state index is 0.00393. The molecule has 74 valence electrons. The van der Waals surface area contributed by atoms with Gasteiger partial charge in [0.05, 0.1) is 0 Å². The van der Waals surface area contributed by atoms with E-state index in [0.717, 1.165) is 11.8 Å². The fourth-order valence-corrected chi connectivity index (χ4v) is 1.50. The lowest BCUT2D eigenvalue weighted by atomic mass is 10.1. The highest BCUT2D eigenvalue weighted by molar-refractivity contribution is 8.13. The van der Waals surface area contributed by atoms with Gasteiger partial charge in [0.25, 0.3) is 0 Å². The summed E-state index contributed by atoms with van der Waals surface area (Å²) in [5, 5.41) is -0.00393. The zero-order chi connectivity index (χ0) is 10.6. The smallest absolute Gasteiger partial charge is 0.219 e. The van der Waals surface area contributed by atoms with Crippen LogP contribution in [-0.2, 0) is 0 Å². The maximum Gasteiger partial charge on any atom is 0.219 e. The summed E-state index contributed by atoms with van der Waals surface area (Å²) in [7, 11) is 0. The van der Waals surface area contributed by atoms with Crippen LogP contribution in [0, 0.1) is 0 Å². The molecule has 0 saturated carbocycles. The van der Waals surface area contributed by atoms with Crippen LogP contribution in [0.2, 0.25) is 0 Å². The van der Waals surface area contributed by atoms with Crippen molar-refractivity contribution in [2.45, 2.75) is 13.3 Å². The number of benzene rings is 1. The second-order valence-corrected chi connectivity index (χ2v) is 3.63. The van der Waals surface area contributed by atoms with Crippen LogP contribution in [0.5, 0.6) is 0 Å². The van der Waals surface area contributed by atoms with E-state index in [9.17, 15) is 9.59 Å². The van der Waals surface area contributed by atoms with Gasteiger partial charge in [0, 0.05) is 17.5 Å². The fraction of sp³-hybridized carbons (Fsp3) is 0.273. The summed E-state index contributed by atoms with van der Waals surface area (Å²) in [6, 6.07) is 6.87. The van der Waals surface area contributed by atoms with Crippen LogP contribution >= 0.6 is 11.8 Å². The normalized spacial score (nSPS) is 9.86. The number of carbonyl (C=O) groups is 2. The first-order valence-corrected chi connectivity index (χ1v) is 5.63. The van der Waals surface area contributed by atoms with Gasteiger partial charge in [-0.15, -0.1) is 0 Å². The van der Waals surface area contributed by atoms with Gasteiger partial charge in [0.1, 0.15) is 0 Å². The van der Waals surface area contributed by atoms with E-state index in [-0.39, 0.29) is 10.9 Å². The van der Waals surface area contributed by atoms with Gasteiger partial charge < -0.3 is 0 Å². The van der Waals surface area contributed by atoms with Crippen molar-refractivity contribution in [2.75, 3.05) is 6.26 Å². The molecule has 14 heavy (non-hydrogen) atoms. The standard InChI is InChI=1S/C11H12O2S/c1-3-10(12)8-5-4-6-9(7-8)11(13)14-2/h4-7H,3H2,1-2H3. The van der Waals surface area contributed by atoms with E-state index in [4.69, 9.17) is 0 Å². The molecule has 0 atom stereocenters. The van der Waals surface area contributed by atoms with Crippen molar-refractivity contribution in [2.24, 2.45) is 0 Å². The largest absolute Gasteiger partial charge is 0.294 e. The number of Topliss-reactive ketones (excluding diaryl/α,β-unsaturated/α-hetero) is 1. The minimum Gasteiger partial charge on any atom is -0.294 e. The molecule has 0 aliphatic rings. The first-order valence-electron chi connectivity index (χ1n) is 4.40. The van der Waals surface area contributed by atoms with Gasteiger partial charge in [-0.1, -0.05) is 36.9 Å². The monoisotopic (exact) mass is 208 g/mol. The maximum absolute atomic E-state index is 11.4. The van der Waals surface area contributed by atoms with Crippen molar-refractivity contribution in [1.29, 1.82) is 0 Å². The average Bonchev–Trinajstić information content (AvgIpc) is 2.27. The lowest BCUT2D eigenvalue weighted by molar-refractivity contribution is 0.0988. The third-order valence-electron chi connectivity index (χ3n) is 1.93. The molecule has 0 fully saturated rings. The number of rotatable bonds is 3. The summed E-state index contributed by atoms with van der Waals surface area (Å²) in [6.45, 7) is 1.81. The molecule has 0 N–H and O–H groups in total. The number of thioether (sulfide) groups is 1. The van der Waals surface area contributed by atoms with Crippen LogP contribution in [0.3, 0.4) is 0 Å². The summed E-state index contributed by atoms with van der Waals surface area (Å²) in [4.78, 5) is 22.7. The van der Waals surface area contributed by atoms with E-state index >= 15 is 0 Å². The van der Waals surface area contributed by atoms with Crippen molar-refractivity contribution in [1.82, 2.24) is 0 Å². The molecule has 0 saturated heterocycles. The molecule has 0 heterocycles. The van der Waals surface area contributed by atoms with Crippen molar-refractivity contribution in [3.8, 4) is 0 Å². The summed E-state index contributed by atoms with van der Waals surface area (Å²) >= 11 is 1.16. The summed E-state index contributed by atoms with van der Waals surface area (Å²) in [5.41, 5.74) is 1.21. The molecular weight excluding hydrogens is 196 g/mol. The molecular formula is C11H12O2S. The molecule has 0 bridgehead atoms. The lowest BCUT2D eigenvalue weighted by Gasteiger charge is -2.00. The Morgan fingerprint density at radius 1 is 1.29 bits per heavy atom. The molecule has 1 aromatic rings. The Bertz CT molecular complexity index is 327. The molecule has 0 aromatic heterocycles. The molecule has 1 rings (SSSR count). The van der Waals surface area contributed by atoms with Crippen LogP contribution in [0.4, 0.5) is 0 Å². The van der Waals surface area contributed by atoms with Crippen LogP contribution in [0.25, 0.3) is 0 Å². The van der Waals surface area contributed by atoms with Gasteiger partial charge >= 0.3 is 0 Å². The first-order chi connectivity index (χ1) is 6.69. The van der Waals surface area contributed by atoms with Crippen molar-refractivity contribution in [3.63, 3.8) is 0 Å². The van der Waals surface area contributed by atoms with E-state index in [1.54, 1.807) is 30.5 Å². The Morgan fingerprint density at radius 2 is 1.93 bits per heavy atom.